The zero-order chi connectivity index (χ0) is 13.9. The monoisotopic (exact) mass is 261 g/mol. The van der Waals surface area contributed by atoms with E-state index in [0.29, 0.717) is 6.54 Å². The van der Waals surface area contributed by atoms with Gasteiger partial charge >= 0.3 is 0 Å². The Labute approximate surface area is 115 Å². The van der Waals surface area contributed by atoms with Crippen LogP contribution >= 0.6 is 0 Å². The van der Waals surface area contributed by atoms with E-state index in [1.165, 1.54) is 11.1 Å². The minimum atomic E-state index is -0.656. The van der Waals surface area contributed by atoms with Gasteiger partial charge in [-0.25, -0.2) is 0 Å². The molecule has 4 heteroatoms. The third kappa shape index (κ3) is 3.14. The molecule has 19 heavy (non-hydrogen) atoms. The van der Waals surface area contributed by atoms with E-state index in [-0.39, 0.29) is 5.91 Å². The van der Waals surface area contributed by atoms with E-state index in [4.69, 9.17) is 5.73 Å². The Balaban J connectivity index is 2.04. The summed E-state index contributed by atoms with van der Waals surface area (Å²) < 4.78 is 0. The van der Waals surface area contributed by atoms with Crippen LogP contribution in [0, 0.1) is 0 Å². The molecular formula is C15H23N3O. The summed E-state index contributed by atoms with van der Waals surface area (Å²) in [6, 6.07) is 8.58. The topological polar surface area (TPSA) is 58.4 Å². The Bertz CT molecular complexity index is 433. The Morgan fingerprint density at radius 3 is 2.26 bits per heavy atom. The SMILES string of the molecule is CNC(C)(CN1CCc2ccccc2CC1)C(N)=O. The third-order valence-corrected chi connectivity index (χ3v) is 4.15. The van der Waals surface area contributed by atoms with Gasteiger partial charge in [0.1, 0.15) is 5.54 Å². The molecule has 0 radical (unpaired) electrons. The number of nitrogens with zero attached hydrogens (tertiary/aromatic N) is 1. The van der Waals surface area contributed by atoms with Crippen LogP contribution in [0.1, 0.15) is 18.1 Å². The fourth-order valence-electron chi connectivity index (χ4n) is 2.60. The first-order chi connectivity index (χ1) is 9.05. The lowest BCUT2D eigenvalue weighted by molar-refractivity contribution is -0.124. The van der Waals surface area contributed by atoms with Gasteiger partial charge in [0.05, 0.1) is 0 Å². The highest BCUT2D eigenvalue weighted by Crippen LogP contribution is 2.17. The molecule has 1 amide bonds. The van der Waals surface area contributed by atoms with Gasteiger partial charge in [-0.15, -0.1) is 0 Å². The van der Waals surface area contributed by atoms with Crippen molar-refractivity contribution in [2.24, 2.45) is 5.73 Å². The van der Waals surface area contributed by atoms with Gasteiger partial charge in [-0.1, -0.05) is 24.3 Å². The second-order valence-corrected chi connectivity index (χ2v) is 5.49. The predicted molar refractivity (Wildman–Crippen MR) is 76.9 cm³/mol. The number of fused-ring (bicyclic) bond motifs is 1. The number of nitrogens with one attached hydrogen (secondary N) is 1. The van der Waals surface area contributed by atoms with E-state index in [2.05, 4.69) is 34.5 Å². The van der Waals surface area contributed by atoms with Crippen molar-refractivity contribution in [1.82, 2.24) is 10.2 Å². The minimum absolute atomic E-state index is 0.295. The van der Waals surface area contributed by atoms with Crippen LogP contribution in [-0.4, -0.2) is 43.0 Å². The van der Waals surface area contributed by atoms with Crippen molar-refractivity contribution < 1.29 is 4.79 Å². The summed E-state index contributed by atoms with van der Waals surface area (Å²) in [5, 5.41) is 3.05. The Hall–Kier alpha value is -1.39. The van der Waals surface area contributed by atoms with Crippen LogP contribution in [0.3, 0.4) is 0 Å². The lowest BCUT2D eigenvalue weighted by Gasteiger charge is -2.32. The summed E-state index contributed by atoms with van der Waals surface area (Å²) in [4.78, 5) is 13.9. The van der Waals surface area contributed by atoms with Crippen LogP contribution in [-0.2, 0) is 17.6 Å². The highest BCUT2D eigenvalue weighted by Gasteiger charge is 2.31. The summed E-state index contributed by atoms with van der Waals surface area (Å²) in [6.45, 7) is 4.48. The van der Waals surface area contributed by atoms with E-state index in [0.717, 1.165) is 25.9 Å². The zero-order valence-corrected chi connectivity index (χ0v) is 11.8. The minimum Gasteiger partial charge on any atom is -0.368 e. The molecule has 1 heterocycles. The molecule has 0 aliphatic carbocycles. The maximum Gasteiger partial charge on any atom is 0.238 e. The molecule has 1 aromatic carbocycles. The van der Waals surface area contributed by atoms with Crippen molar-refractivity contribution in [3.63, 3.8) is 0 Å². The molecule has 1 aliphatic rings. The van der Waals surface area contributed by atoms with Crippen LogP contribution in [0.4, 0.5) is 0 Å². The number of nitrogens with two attached hydrogens (primary N) is 1. The summed E-state index contributed by atoms with van der Waals surface area (Å²) in [7, 11) is 1.79. The molecule has 1 unspecified atom stereocenters. The average Bonchev–Trinajstić information content (AvgIpc) is 2.61. The number of rotatable bonds is 4. The van der Waals surface area contributed by atoms with Crippen LogP contribution in [0.25, 0.3) is 0 Å². The summed E-state index contributed by atoms with van der Waals surface area (Å²) in [6.07, 6.45) is 2.07. The second kappa shape index (κ2) is 5.72. The van der Waals surface area contributed by atoms with Crippen molar-refractivity contribution in [2.75, 3.05) is 26.7 Å². The smallest absolute Gasteiger partial charge is 0.238 e. The number of hydrogen-bond donors (Lipinski definition) is 2. The predicted octanol–water partition coefficient (Wildman–Crippen LogP) is 0.551. The standard InChI is InChI=1S/C15H23N3O/c1-15(17-2,14(16)19)11-18-9-7-12-5-3-4-6-13(12)8-10-18/h3-6,17H,7-11H2,1-2H3,(H2,16,19). The van der Waals surface area contributed by atoms with Gasteiger partial charge in [-0.2, -0.15) is 0 Å². The van der Waals surface area contributed by atoms with E-state index in [1.807, 2.05) is 6.92 Å². The van der Waals surface area contributed by atoms with Crippen molar-refractivity contribution in [3.05, 3.63) is 35.4 Å². The molecule has 0 fully saturated rings. The number of carbonyl (C=O) groups excluding carboxylic acids is 1. The molecular weight excluding hydrogens is 238 g/mol. The van der Waals surface area contributed by atoms with Crippen LogP contribution in [0.5, 0.6) is 0 Å². The molecule has 0 spiro atoms. The highest BCUT2D eigenvalue weighted by molar-refractivity contribution is 5.84. The normalized spacial score (nSPS) is 19.3. The number of likely N-dealkylation sites (N-methyl/N-ethyl adjacent to an activating group) is 1. The summed E-state index contributed by atoms with van der Waals surface area (Å²) >= 11 is 0. The number of amides is 1. The van der Waals surface area contributed by atoms with Crippen LogP contribution < -0.4 is 11.1 Å². The molecule has 0 bridgehead atoms. The lowest BCUT2D eigenvalue weighted by atomic mass is 10.0. The van der Waals surface area contributed by atoms with Crippen molar-refractivity contribution in [1.29, 1.82) is 0 Å². The van der Waals surface area contributed by atoms with Gasteiger partial charge in [0.15, 0.2) is 0 Å². The zero-order valence-electron chi connectivity index (χ0n) is 11.8. The van der Waals surface area contributed by atoms with Crippen molar-refractivity contribution >= 4 is 5.91 Å². The summed E-state index contributed by atoms with van der Waals surface area (Å²) in [5.74, 6) is -0.295. The quantitative estimate of drug-likeness (QED) is 0.832. The van der Waals surface area contributed by atoms with E-state index in [9.17, 15) is 4.79 Å². The highest BCUT2D eigenvalue weighted by atomic mass is 16.1. The number of primary amides is 1. The molecule has 1 atom stereocenters. The third-order valence-electron chi connectivity index (χ3n) is 4.15. The molecule has 1 aromatic rings. The van der Waals surface area contributed by atoms with Crippen molar-refractivity contribution in [2.45, 2.75) is 25.3 Å². The number of benzene rings is 1. The van der Waals surface area contributed by atoms with Gasteiger partial charge in [0.2, 0.25) is 5.91 Å². The maximum atomic E-state index is 11.6. The largest absolute Gasteiger partial charge is 0.368 e. The molecule has 104 valence electrons. The van der Waals surface area contributed by atoms with Gasteiger partial charge < -0.3 is 16.0 Å². The average molecular weight is 261 g/mol. The molecule has 0 saturated heterocycles. The Morgan fingerprint density at radius 2 is 1.84 bits per heavy atom. The van der Waals surface area contributed by atoms with Crippen LogP contribution in [0.2, 0.25) is 0 Å². The fraction of sp³-hybridized carbons (Fsp3) is 0.533. The van der Waals surface area contributed by atoms with E-state index >= 15 is 0 Å². The Morgan fingerprint density at radius 1 is 1.32 bits per heavy atom. The van der Waals surface area contributed by atoms with E-state index in [1.54, 1.807) is 7.05 Å². The molecule has 0 saturated carbocycles. The lowest BCUT2D eigenvalue weighted by Crippen LogP contribution is -2.58. The van der Waals surface area contributed by atoms with E-state index < -0.39 is 5.54 Å². The van der Waals surface area contributed by atoms with Gasteiger partial charge in [0.25, 0.3) is 0 Å². The van der Waals surface area contributed by atoms with Gasteiger partial charge in [-0.05, 0) is 37.9 Å². The van der Waals surface area contributed by atoms with Gasteiger partial charge in [-0.3, -0.25) is 4.79 Å². The molecule has 4 nitrogen and oxygen atoms in total. The van der Waals surface area contributed by atoms with Gasteiger partial charge in [0, 0.05) is 19.6 Å². The molecule has 0 aromatic heterocycles. The first-order valence-electron chi connectivity index (χ1n) is 6.83. The fourth-order valence-corrected chi connectivity index (χ4v) is 2.60. The van der Waals surface area contributed by atoms with Crippen molar-refractivity contribution in [3.8, 4) is 0 Å². The van der Waals surface area contributed by atoms with Crippen LogP contribution in [0.15, 0.2) is 24.3 Å². The number of carbonyl (C=O) groups is 1. The summed E-state index contributed by atoms with van der Waals surface area (Å²) in [5.41, 5.74) is 7.69. The molecule has 3 N–H and O–H groups in total. The first-order valence-corrected chi connectivity index (χ1v) is 6.83. The number of hydrogen-bond acceptors (Lipinski definition) is 3. The maximum absolute atomic E-state index is 11.6. The Kier molecular flexibility index (Phi) is 4.22. The second-order valence-electron chi connectivity index (χ2n) is 5.49. The molecule has 1 aliphatic heterocycles. The molecule has 2 rings (SSSR count). The first kappa shape index (κ1) is 14.0.